The maximum absolute atomic E-state index is 5.64. The molecule has 0 radical (unpaired) electrons. The van der Waals surface area contributed by atoms with Gasteiger partial charge in [0.1, 0.15) is 12.4 Å². The second-order valence-corrected chi connectivity index (χ2v) is 3.65. The van der Waals surface area contributed by atoms with Crippen molar-refractivity contribution < 1.29 is 9.47 Å². The van der Waals surface area contributed by atoms with Crippen molar-refractivity contribution in [1.29, 1.82) is 0 Å². The molecule has 1 saturated heterocycles. The van der Waals surface area contributed by atoms with E-state index in [2.05, 4.69) is 5.32 Å². The summed E-state index contributed by atoms with van der Waals surface area (Å²) in [5.41, 5.74) is 0. The first-order valence-electron chi connectivity index (χ1n) is 5.45. The minimum Gasteiger partial charge on any atom is -0.491 e. The number of rotatable bonds is 5. The van der Waals surface area contributed by atoms with Crippen LogP contribution in [-0.2, 0) is 4.74 Å². The molecule has 1 unspecified atom stereocenters. The highest BCUT2D eigenvalue weighted by Crippen LogP contribution is 2.08. The van der Waals surface area contributed by atoms with E-state index in [1.807, 2.05) is 30.3 Å². The second kappa shape index (κ2) is 7.49. The molecule has 16 heavy (non-hydrogen) atoms. The fourth-order valence-electron chi connectivity index (χ4n) is 1.66. The van der Waals surface area contributed by atoms with E-state index in [4.69, 9.17) is 9.47 Å². The van der Waals surface area contributed by atoms with Crippen LogP contribution in [0.15, 0.2) is 30.3 Å². The molecule has 1 aliphatic heterocycles. The molecular weight excluding hydrogens is 226 g/mol. The van der Waals surface area contributed by atoms with Crippen LogP contribution in [0.25, 0.3) is 0 Å². The van der Waals surface area contributed by atoms with Crippen LogP contribution < -0.4 is 10.1 Å². The SMILES string of the molecule is Cl.c1ccc(OCCOC2CCNC2)cc1. The van der Waals surface area contributed by atoms with Gasteiger partial charge in [0, 0.05) is 6.54 Å². The van der Waals surface area contributed by atoms with Crippen LogP contribution in [0.1, 0.15) is 6.42 Å². The molecule has 1 aromatic carbocycles. The van der Waals surface area contributed by atoms with Gasteiger partial charge in [-0.2, -0.15) is 0 Å². The lowest BCUT2D eigenvalue weighted by molar-refractivity contribution is 0.0455. The lowest BCUT2D eigenvalue weighted by Gasteiger charge is -2.11. The molecule has 1 aliphatic rings. The van der Waals surface area contributed by atoms with E-state index >= 15 is 0 Å². The van der Waals surface area contributed by atoms with Crippen molar-refractivity contribution in [3.05, 3.63) is 30.3 Å². The average Bonchev–Trinajstić information content (AvgIpc) is 2.79. The number of benzene rings is 1. The maximum atomic E-state index is 5.64. The molecule has 3 nitrogen and oxygen atoms in total. The van der Waals surface area contributed by atoms with E-state index in [9.17, 15) is 0 Å². The van der Waals surface area contributed by atoms with Gasteiger partial charge in [0.25, 0.3) is 0 Å². The van der Waals surface area contributed by atoms with Crippen molar-refractivity contribution in [1.82, 2.24) is 5.32 Å². The van der Waals surface area contributed by atoms with Crippen molar-refractivity contribution in [3.8, 4) is 5.75 Å². The summed E-state index contributed by atoms with van der Waals surface area (Å²) in [5, 5.41) is 3.27. The highest BCUT2D eigenvalue weighted by molar-refractivity contribution is 5.85. The van der Waals surface area contributed by atoms with Crippen LogP contribution in [0, 0.1) is 0 Å². The number of hydrogen-bond acceptors (Lipinski definition) is 3. The summed E-state index contributed by atoms with van der Waals surface area (Å²) in [6.45, 7) is 3.34. The minimum absolute atomic E-state index is 0. The largest absolute Gasteiger partial charge is 0.491 e. The zero-order chi connectivity index (χ0) is 10.3. The maximum Gasteiger partial charge on any atom is 0.119 e. The molecule has 1 N–H and O–H groups in total. The quantitative estimate of drug-likeness (QED) is 0.801. The minimum atomic E-state index is 0. The summed E-state index contributed by atoms with van der Waals surface area (Å²) >= 11 is 0. The van der Waals surface area contributed by atoms with Crippen LogP contribution in [0.2, 0.25) is 0 Å². The smallest absolute Gasteiger partial charge is 0.119 e. The lowest BCUT2D eigenvalue weighted by Crippen LogP contribution is -2.19. The Morgan fingerprint density at radius 2 is 2.00 bits per heavy atom. The van der Waals surface area contributed by atoms with Crippen LogP contribution in [0.4, 0.5) is 0 Å². The molecule has 0 saturated carbocycles. The van der Waals surface area contributed by atoms with E-state index in [-0.39, 0.29) is 12.4 Å². The molecule has 0 bridgehead atoms. The van der Waals surface area contributed by atoms with E-state index < -0.39 is 0 Å². The predicted octanol–water partition coefficient (Wildman–Crippen LogP) is 1.87. The van der Waals surface area contributed by atoms with Gasteiger partial charge < -0.3 is 14.8 Å². The van der Waals surface area contributed by atoms with Crippen molar-refractivity contribution in [2.75, 3.05) is 26.3 Å². The molecule has 0 aromatic heterocycles. The Balaban J connectivity index is 0.00000128. The van der Waals surface area contributed by atoms with Gasteiger partial charge in [-0.05, 0) is 25.1 Å². The van der Waals surface area contributed by atoms with Crippen LogP contribution in [0.5, 0.6) is 5.75 Å². The molecule has 0 amide bonds. The summed E-state index contributed by atoms with van der Waals surface area (Å²) < 4.78 is 11.2. The number of ether oxygens (including phenoxy) is 2. The number of para-hydroxylation sites is 1. The van der Waals surface area contributed by atoms with E-state index in [1.165, 1.54) is 0 Å². The molecule has 1 fully saturated rings. The first-order valence-corrected chi connectivity index (χ1v) is 5.45. The van der Waals surface area contributed by atoms with Crippen molar-refractivity contribution in [2.24, 2.45) is 0 Å². The Kier molecular flexibility index (Phi) is 6.23. The topological polar surface area (TPSA) is 30.5 Å². The van der Waals surface area contributed by atoms with Crippen molar-refractivity contribution in [3.63, 3.8) is 0 Å². The number of halogens is 1. The van der Waals surface area contributed by atoms with Gasteiger partial charge in [-0.15, -0.1) is 12.4 Å². The average molecular weight is 244 g/mol. The normalized spacial score (nSPS) is 19.1. The molecule has 1 heterocycles. The first kappa shape index (κ1) is 13.3. The van der Waals surface area contributed by atoms with Gasteiger partial charge in [-0.1, -0.05) is 18.2 Å². The fraction of sp³-hybridized carbons (Fsp3) is 0.500. The third kappa shape index (κ3) is 4.39. The predicted molar refractivity (Wildman–Crippen MR) is 66.4 cm³/mol. The molecular formula is C12H18ClNO2. The Morgan fingerprint density at radius 3 is 2.69 bits per heavy atom. The van der Waals surface area contributed by atoms with Crippen LogP contribution in [0.3, 0.4) is 0 Å². The molecule has 0 aliphatic carbocycles. The molecule has 4 heteroatoms. The fourth-order valence-corrected chi connectivity index (χ4v) is 1.66. The lowest BCUT2D eigenvalue weighted by atomic mass is 10.3. The monoisotopic (exact) mass is 243 g/mol. The summed E-state index contributed by atoms with van der Waals surface area (Å²) in [6.07, 6.45) is 1.50. The highest BCUT2D eigenvalue weighted by atomic mass is 35.5. The van der Waals surface area contributed by atoms with Crippen LogP contribution >= 0.6 is 12.4 Å². The highest BCUT2D eigenvalue weighted by Gasteiger charge is 2.13. The van der Waals surface area contributed by atoms with Gasteiger partial charge in [-0.25, -0.2) is 0 Å². The Morgan fingerprint density at radius 1 is 1.19 bits per heavy atom. The van der Waals surface area contributed by atoms with Crippen LogP contribution in [-0.4, -0.2) is 32.4 Å². The van der Waals surface area contributed by atoms with Gasteiger partial charge in [0.15, 0.2) is 0 Å². The zero-order valence-corrected chi connectivity index (χ0v) is 10.0. The Hall–Kier alpha value is -0.770. The zero-order valence-electron chi connectivity index (χ0n) is 9.22. The number of hydrogen-bond donors (Lipinski definition) is 1. The molecule has 1 aromatic rings. The van der Waals surface area contributed by atoms with E-state index in [1.54, 1.807) is 0 Å². The standard InChI is InChI=1S/C12H17NO2.ClH/c1-2-4-11(5-3-1)14-8-9-15-12-6-7-13-10-12;/h1-5,12-13H,6-10H2;1H. The third-order valence-electron chi connectivity index (χ3n) is 2.46. The van der Waals surface area contributed by atoms with Gasteiger partial charge in [-0.3, -0.25) is 0 Å². The van der Waals surface area contributed by atoms with Gasteiger partial charge in [0.05, 0.1) is 12.7 Å². The molecule has 0 spiro atoms. The van der Waals surface area contributed by atoms with Crippen molar-refractivity contribution >= 4 is 12.4 Å². The molecule has 2 rings (SSSR count). The summed E-state index contributed by atoms with van der Waals surface area (Å²) in [7, 11) is 0. The van der Waals surface area contributed by atoms with Crippen molar-refractivity contribution in [2.45, 2.75) is 12.5 Å². The summed E-state index contributed by atoms with van der Waals surface area (Å²) in [4.78, 5) is 0. The first-order chi connectivity index (χ1) is 7.45. The Bertz CT molecular complexity index is 276. The molecule has 1 atom stereocenters. The van der Waals surface area contributed by atoms with E-state index in [0.29, 0.717) is 19.3 Å². The Labute approximate surface area is 103 Å². The van der Waals surface area contributed by atoms with E-state index in [0.717, 1.165) is 25.3 Å². The summed E-state index contributed by atoms with van der Waals surface area (Å²) in [6, 6.07) is 9.83. The number of nitrogens with one attached hydrogen (secondary N) is 1. The molecule has 90 valence electrons. The van der Waals surface area contributed by atoms with Gasteiger partial charge >= 0.3 is 0 Å². The van der Waals surface area contributed by atoms with Gasteiger partial charge in [0.2, 0.25) is 0 Å². The third-order valence-corrected chi connectivity index (χ3v) is 2.46. The summed E-state index contributed by atoms with van der Waals surface area (Å²) in [5.74, 6) is 0.908. The second-order valence-electron chi connectivity index (χ2n) is 3.65.